The Morgan fingerprint density at radius 1 is 1.11 bits per heavy atom. The molecule has 0 bridgehead atoms. The zero-order valence-corrected chi connectivity index (χ0v) is 20.7. The predicted octanol–water partition coefficient (Wildman–Crippen LogP) is 2.67. The molecule has 194 valence electrons. The van der Waals surface area contributed by atoms with Crippen molar-refractivity contribution in [3.63, 3.8) is 0 Å². The lowest BCUT2D eigenvalue weighted by Crippen LogP contribution is -2.40. The summed E-state index contributed by atoms with van der Waals surface area (Å²) in [7, 11) is 0. The SMILES string of the molecule is CC(=O)N1CCc2nc(N3CCC(Oc4ccc(F)cc4F)CC3)c(-c3cnn4c3CNCC4)nc2C1. The van der Waals surface area contributed by atoms with Crippen molar-refractivity contribution >= 4 is 11.7 Å². The van der Waals surface area contributed by atoms with Gasteiger partial charge < -0.3 is 19.9 Å². The number of piperidine rings is 1. The summed E-state index contributed by atoms with van der Waals surface area (Å²) in [5.74, 6) is -0.401. The number of nitrogens with one attached hydrogen (secondary N) is 1. The molecule has 1 fully saturated rings. The van der Waals surface area contributed by atoms with Gasteiger partial charge in [-0.25, -0.2) is 18.7 Å². The molecule has 0 radical (unpaired) electrons. The maximum Gasteiger partial charge on any atom is 0.219 e. The zero-order valence-electron chi connectivity index (χ0n) is 20.7. The Kier molecular flexibility index (Phi) is 6.23. The zero-order chi connectivity index (χ0) is 25.5. The summed E-state index contributed by atoms with van der Waals surface area (Å²) in [5.41, 5.74) is 4.55. The fourth-order valence-corrected chi connectivity index (χ4v) is 5.31. The number of carbonyl (C=O) groups excluding carboxylic acids is 1. The number of anilines is 1. The number of rotatable bonds is 4. The van der Waals surface area contributed by atoms with Crippen LogP contribution in [-0.2, 0) is 30.8 Å². The number of amides is 1. The lowest BCUT2D eigenvalue weighted by molar-refractivity contribution is -0.129. The standard InChI is InChI=1S/C26H29F2N7O2/c1-16(36)34-10-6-21-22(15-34)31-25(19-13-30-35-11-7-29-14-23(19)35)26(32-21)33-8-4-18(5-9-33)37-24-3-2-17(27)12-20(24)28/h2-3,12-13,18,29H,4-11,14-15H2,1H3. The van der Waals surface area contributed by atoms with Crippen molar-refractivity contribution in [2.75, 3.05) is 31.1 Å². The number of halogens is 2. The van der Waals surface area contributed by atoms with Gasteiger partial charge in [-0.1, -0.05) is 0 Å². The third-order valence-corrected chi connectivity index (χ3v) is 7.36. The molecule has 0 atom stereocenters. The second kappa shape index (κ2) is 9.70. The van der Waals surface area contributed by atoms with Crippen LogP contribution in [0.3, 0.4) is 0 Å². The molecule has 3 aliphatic rings. The minimum absolute atomic E-state index is 0.0323. The van der Waals surface area contributed by atoms with E-state index < -0.39 is 11.6 Å². The Bertz CT molecular complexity index is 1340. The predicted molar refractivity (Wildman–Crippen MR) is 132 cm³/mol. The van der Waals surface area contributed by atoms with E-state index in [1.165, 1.54) is 12.1 Å². The van der Waals surface area contributed by atoms with Gasteiger partial charge in [0.05, 0.1) is 36.4 Å². The lowest BCUT2D eigenvalue weighted by Gasteiger charge is -2.35. The van der Waals surface area contributed by atoms with Crippen LogP contribution in [0.4, 0.5) is 14.6 Å². The highest BCUT2D eigenvalue weighted by atomic mass is 19.1. The van der Waals surface area contributed by atoms with Crippen molar-refractivity contribution in [1.82, 2.24) is 30.0 Å². The van der Waals surface area contributed by atoms with Crippen LogP contribution >= 0.6 is 0 Å². The van der Waals surface area contributed by atoms with Gasteiger partial charge in [-0.05, 0) is 12.1 Å². The first-order valence-electron chi connectivity index (χ1n) is 12.7. The van der Waals surface area contributed by atoms with Crippen LogP contribution in [0.15, 0.2) is 24.4 Å². The van der Waals surface area contributed by atoms with Crippen LogP contribution in [0.2, 0.25) is 0 Å². The van der Waals surface area contributed by atoms with Gasteiger partial charge in [0.1, 0.15) is 17.6 Å². The Labute approximate surface area is 213 Å². The summed E-state index contributed by atoms with van der Waals surface area (Å²) in [4.78, 5) is 26.2. The van der Waals surface area contributed by atoms with Crippen LogP contribution in [-0.4, -0.2) is 62.8 Å². The molecular formula is C26H29F2N7O2. The second-order valence-corrected chi connectivity index (χ2v) is 9.76. The van der Waals surface area contributed by atoms with E-state index in [1.54, 1.807) is 11.8 Å². The largest absolute Gasteiger partial charge is 0.487 e. The molecular weight excluding hydrogens is 480 g/mol. The first kappa shape index (κ1) is 23.8. The number of carbonyl (C=O) groups is 1. The van der Waals surface area contributed by atoms with Gasteiger partial charge in [-0.3, -0.25) is 9.48 Å². The van der Waals surface area contributed by atoms with Crippen LogP contribution in [0.1, 0.15) is 36.8 Å². The molecule has 37 heavy (non-hydrogen) atoms. The molecule has 1 amide bonds. The van der Waals surface area contributed by atoms with Crippen molar-refractivity contribution in [2.24, 2.45) is 0 Å². The number of hydrogen-bond donors (Lipinski definition) is 1. The van der Waals surface area contributed by atoms with Crippen molar-refractivity contribution in [3.05, 3.63) is 53.1 Å². The van der Waals surface area contributed by atoms with E-state index >= 15 is 0 Å². The van der Waals surface area contributed by atoms with Crippen molar-refractivity contribution < 1.29 is 18.3 Å². The molecule has 2 aromatic heterocycles. The molecule has 3 aromatic rings. The summed E-state index contributed by atoms with van der Waals surface area (Å²) in [6.45, 7) is 6.35. The highest BCUT2D eigenvalue weighted by Gasteiger charge is 2.30. The Morgan fingerprint density at radius 2 is 1.95 bits per heavy atom. The average Bonchev–Trinajstić information content (AvgIpc) is 3.34. The molecule has 6 rings (SSSR count). The van der Waals surface area contributed by atoms with E-state index in [1.807, 2.05) is 10.9 Å². The number of benzene rings is 1. The summed E-state index contributed by atoms with van der Waals surface area (Å²) in [5, 5.41) is 8.00. The number of hydrogen-bond acceptors (Lipinski definition) is 7. The quantitative estimate of drug-likeness (QED) is 0.579. The van der Waals surface area contributed by atoms with Crippen LogP contribution in [0, 0.1) is 11.6 Å². The topological polar surface area (TPSA) is 88.4 Å². The smallest absolute Gasteiger partial charge is 0.219 e. The molecule has 1 N–H and O–H groups in total. The molecule has 0 aliphatic carbocycles. The Morgan fingerprint density at radius 3 is 2.73 bits per heavy atom. The average molecular weight is 510 g/mol. The molecule has 0 spiro atoms. The fraction of sp³-hybridized carbons (Fsp3) is 0.462. The highest BCUT2D eigenvalue weighted by Crippen LogP contribution is 2.35. The van der Waals surface area contributed by atoms with Gasteiger partial charge in [-0.15, -0.1) is 0 Å². The molecule has 1 saturated heterocycles. The van der Waals surface area contributed by atoms with Crippen LogP contribution < -0.4 is 15.0 Å². The van der Waals surface area contributed by atoms with E-state index in [9.17, 15) is 13.6 Å². The Balaban J connectivity index is 1.29. The first-order chi connectivity index (χ1) is 18.0. The van der Waals surface area contributed by atoms with Gasteiger partial charge in [0, 0.05) is 70.5 Å². The minimum Gasteiger partial charge on any atom is -0.487 e. The molecule has 9 nitrogen and oxygen atoms in total. The number of aromatic nitrogens is 4. The van der Waals surface area contributed by atoms with E-state index in [4.69, 9.17) is 14.7 Å². The molecule has 3 aliphatic heterocycles. The third kappa shape index (κ3) is 4.63. The van der Waals surface area contributed by atoms with Gasteiger partial charge in [0.15, 0.2) is 17.4 Å². The number of fused-ring (bicyclic) bond motifs is 2. The normalized spacial score (nSPS) is 17.9. The lowest BCUT2D eigenvalue weighted by atomic mass is 10.0. The first-order valence-corrected chi connectivity index (χ1v) is 12.7. The number of nitrogens with zero attached hydrogens (tertiary/aromatic N) is 6. The third-order valence-electron chi connectivity index (χ3n) is 7.36. The van der Waals surface area contributed by atoms with Crippen LogP contribution in [0.5, 0.6) is 5.75 Å². The molecule has 1 aromatic carbocycles. The van der Waals surface area contributed by atoms with Gasteiger partial charge in [0.25, 0.3) is 0 Å². The summed E-state index contributed by atoms with van der Waals surface area (Å²) < 4.78 is 35.2. The maximum atomic E-state index is 14.1. The van der Waals surface area contributed by atoms with Crippen LogP contribution in [0.25, 0.3) is 11.3 Å². The van der Waals surface area contributed by atoms with E-state index in [0.717, 1.165) is 53.3 Å². The summed E-state index contributed by atoms with van der Waals surface area (Å²) in [6, 6.07) is 3.39. The molecule has 11 heteroatoms. The minimum atomic E-state index is -0.690. The Hall–Kier alpha value is -3.60. The van der Waals surface area contributed by atoms with Crippen molar-refractivity contribution in [1.29, 1.82) is 0 Å². The van der Waals surface area contributed by atoms with Gasteiger partial charge in [-0.2, -0.15) is 5.10 Å². The molecule has 5 heterocycles. The maximum absolute atomic E-state index is 14.1. The highest BCUT2D eigenvalue weighted by molar-refractivity contribution is 5.75. The van der Waals surface area contributed by atoms with E-state index in [2.05, 4.69) is 15.3 Å². The van der Waals surface area contributed by atoms with Gasteiger partial charge in [0.2, 0.25) is 5.91 Å². The van der Waals surface area contributed by atoms with Crippen molar-refractivity contribution in [3.8, 4) is 17.0 Å². The van der Waals surface area contributed by atoms with E-state index in [0.29, 0.717) is 52.0 Å². The molecule has 0 saturated carbocycles. The second-order valence-electron chi connectivity index (χ2n) is 9.76. The monoisotopic (exact) mass is 509 g/mol. The summed E-state index contributed by atoms with van der Waals surface area (Å²) in [6.07, 6.45) is 3.68. The number of ether oxygens (including phenoxy) is 1. The van der Waals surface area contributed by atoms with Gasteiger partial charge >= 0.3 is 0 Å². The molecule has 0 unspecified atom stereocenters. The fourth-order valence-electron chi connectivity index (χ4n) is 5.31. The van der Waals surface area contributed by atoms with Crippen molar-refractivity contribution in [2.45, 2.75) is 51.9 Å². The summed E-state index contributed by atoms with van der Waals surface area (Å²) >= 11 is 0. The van der Waals surface area contributed by atoms with E-state index in [-0.39, 0.29) is 17.8 Å².